The summed E-state index contributed by atoms with van der Waals surface area (Å²) in [7, 11) is 4.58. The first-order valence-electron chi connectivity index (χ1n) is 7.96. The number of guanidine groups is 1. The van der Waals surface area contributed by atoms with Crippen molar-refractivity contribution in [2.45, 2.75) is 32.1 Å². The van der Waals surface area contributed by atoms with Gasteiger partial charge in [-0.15, -0.1) is 0 Å². The fourth-order valence-electron chi connectivity index (χ4n) is 2.14. The first kappa shape index (κ1) is 19.6. The predicted molar refractivity (Wildman–Crippen MR) is 94.8 cm³/mol. The molecule has 7 heteroatoms. The third kappa shape index (κ3) is 7.21. The van der Waals surface area contributed by atoms with Crippen molar-refractivity contribution in [3.63, 3.8) is 0 Å². The van der Waals surface area contributed by atoms with Crippen LogP contribution in [-0.4, -0.2) is 39.8 Å². The molecule has 0 bridgehead atoms. The second-order valence-corrected chi connectivity index (χ2v) is 5.20. The molecule has 0 aliphatic heterocycles. The van der Waals surface area contributed by atoms with Gasteiger partial charge >= 0.3 is 5.97 Å². The van der Waals surface area contributed by atoms with Gasteiger partial charge in [-0.25, -0.2) is 0 Å². The van der Waals surface area contributed by atoms with E-state index in [0.717, 1.165) is 31.4 Å². The van der Waals surface area contributed by atoms with E-state index in [1.807, 2.05) is 6.07 Å². The fraction of sp³-hybridized carbons (Fsp3) is 0.529. The van der Waals surface area contributed by atoms with Gasteiger partial charge in [-0.05, 0) is 25.0 Å². The van der Waals surface area contributed by atoms with Gasteiger partial charge in [-0.1, -0.05) is 12.8 Å². The predicted octanol–water partition coefficient (Wildman–Crippen LogP) is 2.55. The van der Waals surface area contributed by atoms with E-state index in [2.05, 4.69) is 15.0 Å². The Balaban J connectivity index is 2.30. The maximum absolute atomic E-state index is 11.0. The van der Waals surface area contributed by atoms with Crippen molar-refractivity contribution in [3.8, 4) is 11.5 Å². The summed E-state index contributed by atoms with van der Waals surface area (Å²) in [6.45, 7) is 0.643. The van der Waals surface area contributed by atoms with E-state index in [0.29, 0.717) is 30.4 Å². The average Bonchev–Trinajstić information content (AvgIpc) is 2.60. The summed E-state index contributed by atoms with van der Waals surface area (Å²) < 4.78 is 15.0. The number of nitrogens with one attached hydrogen (secondary N) is 1. The lowest BCUT2D eigenvalue weighted by molar-refractivity contribution is -0.140. The molecule has 134 valence electrons. The number of methoxy groups -OCH3 is 3. The Labute approximate surface area is 143 Å². The lowest BCUT2D eigenvalue weighted by Gasteiger charge is -2.10. The normalized spacial score (nSPS) is 11.0. The smallest absolute Gasteiger partial charge is 0.305 e. The zero-order valence-corrected chi connectivity index (χ0v) is 14.6. The lowest BCUT2D eigenvalue weighted by atomic mass is 10.1. The second-order valence-electron chi connectivity index (χ2n) is 5.20. The van der Waals surface area contributed by atoms with Gasteiger partial charge in [0.15, 0.2) is 17.5 Å². The summed E-state index contributed by atoms with van der Waals surface area (Å²) in [6, 6.07) is 5.44. The van der Waals surface area contributed by atoms with Crippen molar-refractivity contribution < 1.29 is 19.0 Å². The van der Waals surface area contributed by atoms with Crippen molar-refractivity contribution in [2.24, 2.45) is 10.7 Å². The molecule has 0 unspecified atom stereocenters. The van der Waals surface area contributed by atoms with Gasteiger partial charge in [0.1, 0.15) is 0 Å². The first-order valence-corrected chi connectivity index (χ1v) is 7.96. The Bertz CT molecular complexity index is 547. The summed E-state index contributed by atoms with van der Waals surface area (Å²) in [5, 5.41) is 3.02. The Hall–Kier alpha value is -2.44. The highest BCUT2D eigenvalue weighted by Crippen LogP contribution is 2.29. The van der Waals surface area contributed by atoms with Crippen molar-refractivity contribution >= 4 is 17.6 Å². The molecule has 0 aliphatic rings. The SMILES string of the molecule is COC(=O)CCCCCCN=C(N)Nc1ccc(OC)c(OC)c1. The molecule has 1 aromatic carbocycles. The molecule has 0 spiro atoms. The van der Waals surface area contributed by atoms with Crippen LogP contribution in [0, 0.1) is 0 Å². The first-order chi connectivity index (χ1) is 11.6. The number of rotatable bonds is 10. The number of hydrogen-bond acceptors (Lipinski definition) is 5. The van der Waals surface area contributed by atoms with Crippen LogP contribution < -0.4 is 20.5 Å². The number of anilines is 1. The van der Waals surface area contributed by atoms with Gasteiger partial charge in [0.05, 0.1) is 21.3 Å². The average molecular weight is 337 g/mol. The molecule has 0 saturated heterocycles. The molecule has 7 nitrogen and oxygen atoms in total. The van der Waals surface area contributed by atoms with E-state index in [1.54, 1.807) is 26.4 Å². The number of ether oxygens (including phenoxy) is 3. The molecule has 24 heavy (non-hydrogen) atoms. The van der Waals surface area contributed by atoms with Gasteiger partial charge in [-0.2, -0.15) is 0 Å². The second kappa shape index (κ2) is 11.2. The fourth-order valence-corrected chi connectivity index (χ4v) is 2.14. The number of aliphatic imine (C=N–C) groups is 1. The summed E-state index contributed by atoms with van der Waals surface area (Å²) >= 11 is 0. The molecule has 0 heterocycles. The minimum atomic E-state index is -0.156. The maximum Gasteiger partial charge on any atom is 0.305 e. The number of carbonyl (C=O) groups excluding carboxylic acids is 1. The van der Waals surface area contributed by atoms with Gasteiger partial charge in [-0.3, -0.25) is 9.79 Å². The molecule has 0 amide bonds. The van der Waals surface area contributed by atoms with Crippen LogP contribution >= 0.6 is 0 Å². The molecular formula is C17H27N3O4. The topological polar surface area (TPSA) is 95.2 Å². The third-order valence-electron chi connectivity index (χ3n) is 3.45. The molecule has 1 rings (SSSR count). The molecule has 0 aliphatic carbocycles. The number of hydrogen-bond donors (Lipinski definition) is 2. The molecular weight excluding hydrogens is 310 g/mol. The highest BCUT2D eigenvalue weighted by Gasteiger charge is 2.05. The Morgan fingerprint density at radius 2 is 1.79 bits per heavy atom. The van der Waals surface area contributed by atoms with Gasteiger partial charge in [0.25, 0.3) is 0 Å². The van der Waals surface area contributed by atoms with E-state index in [9.17, 15) is 4.79 Å². The molecule has 0 atom stereocenters. The summed E-state index contributed by atoms with van der Waals surface area (Å²) in [6.07, 6.45) is 4.23. The highest BCUT2D eigenvalue weighted by molar-refractivity contribution is 5.92. The summed E-state index contributed by atoms with van der Waals surface area (Å²) in [5.74, 6) is 1.49. The van der Waals surface area contributed by atoms with Crippen LogP contribution in [0.5, 0.6) is 11.5 Å². The Kier molecular flexibility index (Phi) is 9.11. The summed E-state index contributed by atoms with van der Waals surface area (Å²) in [5.41, 5.74) is 6.66. The van der Waals surface area contributed by atoms with E-state index >= 15 is 0 Å². The molecule has 0 saturated carbocycles. The van der Waals surface area contributed by atoms with Crippen molar-refractivity contribution in [1.29, 1.82) is 0 Å². The minimum absolute atomic E-state index is 0.156. The number of nitrogens with zero attached hydrogens (tertiary/aromatic N) is 1. The molecule has 3 N–H and O–H groups in total. The largest absolute Gasteiger partial charge is 0.493 e. The van der Waals surface area contributed by atoms with E-state index in [-0.39, 0.29) is 5.97 Å². The quantitative estimate of drug-likeness (QED) is 0.295. The van der Waals surface area contributed by atoms with Gasteiger partial charge in [0.2, 0.25) is 0 Å². The van der Waals surface area contributed by atoms with Gasteiger partial charge < -0.3 is 25.3 Å². The van der Waals surface area contributed by atoms with Crippen molar-refractivity contribution in [2.75, 3.05) is 33.2 Å². The maximum atomic E-state index is 11.0. The zero-order chi connectivity index (χ0) is 17.8. The van der Waals surface area contributed by atoms with Crippen molar-refractivity contribution in [1.82, 2.24) is 0 Å². The molecule has 0 radical (unpaired) electrons. The van der Waals surface area contributed by atoms with Crippen LogP contribution in [0.2, 0.25) is 0 Å². The number of benzene rings is 1. The number of unbranched alkanes of at least 4 members (excludes halogenated alkanes) is 3. The van der Waals surface area contributed by atoms with Crippen molar-refractivity contribution in [3.05, 3.63) is 18.2 Å². The van der Waals surface area contributed by atoms with Crippen LogP contribution in [0.3, 0.4) is 0 Å². The lowest BCUT2D eigenvalue weighted by Crippen LogP contribution is -2.22. The molecule has 0 aromatic heterocycles. The van der Waals surface area contributed by atoms with Crippen LogP contribution in [0.1, 0.15) is 32.1 Å². The van der Waals surface area contributed by atoms with Crippen LogP contribution in [0.4, 0.5) is 5.69 Å². The van der Waals surface area contributed by atoms with E-state index < -0.39 is 0 Å². The standard InChI is InChI=1S/C17H27N3O4/c1-22-14-10-9-13(12-15(14)23-2)20-17(18)19-11-7-5-4-6-8-16(21)24-3/h9-10,12H,4-8,11H2,1-3H3,(H3,18,19,20). The summed E-state index contributed by atoms with van der Waals surface area (Å²) in [4.78, 5) is 15.3. The number of nitrogens with two attached hydrogens (primary N) is 1. The highest BCUT2D eigenvalue weighted by atomic mass is 16.5. The Morgan fingerprint density at radius 3 is 2.46 bits per heavy atom. The van der Waals surface area contributed by atoms with Crippen LogP contribution in [-0.2, 0) is 9.53 Å². The monoisotopic (exact) mass is 337 g/mol. The molecule has 1 aromatic rings. The van der Waals surface area contributed by atoms with E-state index in [1.165, 1.54) is 7.11 Å². The minimum Gasteiger partial charge on any atom is -0.493 e. The van der Waals surface area contributed by atoms with Crippen LogP contribution in [0.25, 0.3) is 0 Å². The zero-order valence-electron chi connectivity index (χ0n) is 14.6. The van der Waals surface area contributed by atoms with Gasteiger partial charge in [0, 0.05) is 24.7 Å². The van der Waals surface area contributed by atoms with Crippen LogP contribution in [0.15, 0.2) is 23.2 Å². The number of esters is 1. The Morgan fingerprint density at radius 1 is 1.08 bits per heavy atom. The third-order valence-corrected chi connectivity index (χ3v) is 3.45. The molecule has 0 fully saturated rings. The number of carbonyl (C=O) groups is 1. The van der Waals surface area contributed by atoms with E-state index in [4.69, 9.17) is 15.2 Å².